The summed E-state index contributed by atoms with van der Waals surface area (Å²) in [6.45, 7) is 2.00. The van der Waals surface area contributed by atoms with Crippen LogP contribution in [0.25, 0.3) is 0 Å². The second-order valence-corrected chi connectivity index (χ2v) is 6.09. The molecule has 0 aliphatic heterocycles. The minimum absolute atomic E-state index is 0.0871. The van der Waals surface area contributed by atoms with Crippen LogP contribution in [0.15, 0.2) is 48.5 Å². The zero-order valence-electron chi connectivity index (χ0n) is 14.1. The van der Waals surface area contributed by atoms with Gasteiger partial charge in [0.1, 0.15) is 0 Å². The van der Waals surface area contributed by atoms with Gasteiger partial charge in [0.05, 0.1) is 11.0 Å². The second kappa shape index (κ2) is 8.96. The van der Waals surface area contributed by atoms with Crippen LogP contribution in [-0.2, 0) is 4.79 Å². The third-order valence-electron chi connectivity index (χ3n) is 3.70. The predicted octanol–water partition coefficient (Wildman–Crippen LogP) is 3.25. The van der Waals surface area contributed by atoms with E-state index in [0.29, 0.717) is 10.6 Å². The van der Waals surface area contributed by atoms with Gasteiger partial charge in [0.25, 0.3) is 11.6 Å². The highest BCUT2D eigenvalue weighted by molar-refractivity contribution is 6.30. The highest BCUT2D eigenvalue weighted by atomic mass is 35.5. The summed E-state index contributed by atoms with van der Waals surface area (Å²) in [5.74, 6) is -0.600. The molecule has 26 heavy (non-hydrogen) atoms. The zero-order valence-corrected chi connectivity index (χ0v) is 14.8. The molecule has 2 aromatic rings. The van der Waals surface area contributed by atoms with Gasteiger partial charge in [0.15, 0.2) is 0 Å². The second-order valence-electron chi connectivity index (χ2n) is 5.65. The summed E-state index contributed by atoms with van der Waals surface area (Å²) in [6, 6.07) is 12.3. The maximum atomic E-state index is 12.0. The molecule has 2 aromatic carbocycles. The van der Waals surface area contributed by atoms with E-state index in [1.807, 2.05) is 19.1 Å². The number of hydrogen-bond acceptors (Lipinski definition) is 4. The average molecular weight is 376 g/mol. The molecule has 2 rings (SSSR count). The molecule has 0 heterocycles. The Morgan fingerprint density at radius 3 is 2.50 bits per heavy atom. The van der Waals surface area contributed by atoms with Crippen LogP contribution in [0.2, 0.25) is 5.02 Å². The van der Waals surface area contributed by atoms with Crippen molar-refractivity contribution in [3.8, 4) is 0 Å². The SMILES string of the molecule is C[C@@H](NC(=O)CCNC(=O)c1ccc([N+](=O)[O-])cc1)c1cccc(Cl)c1. The van der Waals surface area contributed by atoms with Crippen molar-refractivity contribution in [2.75, 3.05) is 6.54 Å². The van der Waals surface area contributed by atoms with Crippen LogP contribution in [0.3, 0.4) is 0 Å². The minimum Gasteiger partial charge on any atom is -0.352 e. The number of carbonyl (C=O) groups is 2. The van der Waals surface area contributed by atoms with E-state index in [2.05, 4.69) is 10.6 Å². The van der Waals surface area contributed by atoms with Crippen LogP contribution < -0.4 is 10.6 Å². The summed E-state index contributed by atoms with van der Waals surface area (Å²) >= 11 is 5.93. The number of amides is 2. The fourth-order valence-corrected chi connectivity index (χ4v) is 2.50. The highest BCUT2D eigenvalue weighted by Crippen LogP contribution is 2.17. The smallest absolute Gasteiger partial charge is 0.269 e. The van der Waals surface area contributed by atoms with Crippen LogP contribution >= 0.6 is 11.6 Å². The quantitative estimate of drug-likeness (QED) is 0.572. The van der Waals surface area contributed by atoms with E-state index in [1.165, 1.54) is 24.3 Å². The lowest BCUT2D eigenvalue weighted by molar-refractivity contribution is -0.384. The van der Waals surface area contributed by atoms with Gasteiger partial charge in [-0.3, -0.25) is 19.7 Å². The van der Waals surface area contributed by atoms with Crippen molar-refractivity contribution in [1.29, 1.82) is 0 Å². The normalized spacial score (nSPS) is 11.5. The van der Waals surface area contributed by atoms with Crippen molar-refractivity contribution >= 4 is 29.1 Å². The highest BCUT2D eigenvalue weighted by Gasteiger charge is 2.12. The Hall–Kier alpha value is -2.93. The maximum Gasteiger partial charge on any atom is 0.269 e. The standard InChI is InChI=1S/C18H18ClN3O4/c1-12(14-3-2-4-15(19)11-14)21-17(23)9-10-20-18(24)13-5-7-16(8-6-13)22(25)26/h2-8,11-12H,9-10H2,1H3,(H,20,24)(H,21,23)/t12-/m1/s1. The lowest BCUT2D eigenvalue weighted by Gasteiger charge is -2.14. The van der Waals surface area contributed by atoms with Crippen LogP contribution in [0, 0.1) is 10.1 Å². The first kappa shape index (κ1) is 19.4. The van der Waals surface area contributed by atoms with Gasteiger partial charge in [-0.1, -0.05) is 23.7 Å². The molecule has 0 saturated heterocycles. The van der Waals surface area contributed by atoms with Gasteiger partial charge in [0, 0.05) is 35.7 Å². The number of halogens is 1. The van der Waals surface area contributed by atoms with Crippen molar-refractivity contribution < 1.29 is 14.5 Å². The molecule has 0 radical (unpaired) electrons. The summed E-state index contributed by atoms with van der Waals surface area (Å²) in [7, 11) is 0. The molecule has 0 bridgehead atoms. The number of non-ortho nitro benzene ring substituents is 1. The number of rotatable bonds is 7. The third kappa shape index (κ3) is 5.56. The monoisotopic (exact) mass is 375 g/mol. The number of nitro benzene ring substituents is 1. The number of carbonyl (C=O) groups excluding carboxylic acids is 2. The van der Waals surface area contributed by atoms with Crippen molar-refractivity contribution in [1.82, 2.24) is 10.6 Å². The molecule has 2 amide bonds. The van der Waals surface area contributed by atoms with Gasteiger partial charge in [-0.05, 0) is 36.8 Å². The molecule has 0 aromatic heterocycles. The lowest BCUT2D eigenvalue weighted by atomic mass is 10.1. The molecule has 136 valence electrons. The maximum absolute atomic E-state index is 12.0. The molecule has 0 fully saturated rings. The summed E-state index contributed by atoms with van der Waals surface area (Å²) in [5.41, 5.74) is 1.10. The van der Waals surface area contributed by atoms with Crippen LogP contribution in [-0.4, -0.2) is 23.3 Å². The average Bonchev–Trinajstić information content (AvgIpc) is 2.61. The predicted molar refractivity (Wildman–Crippen MR) is 98.1 cm³/mol. The number of benzene rings is 2. The Morgan fingerprint density at radius 2 is 1.88 bits per heavy atom. The zero-order chi connectivity index (χ0) is 19.1. The Kier molecular flexibility index (Phi) is 6.68. The first-order valence-corrected chi connectivity index (χ1v) is 8.32. The van der Waals surface area contributed by atoms with Gasteiger partial charge >= 0.3 is 0 Å². The van der Waals surface area contributed by atoms with Gasteiger partial charge in [-0.15, -0.1) is 0 Å². The third-order valence-corrected chi connectivity index (χ3v) is 3.94. The Balaban J connectivity index is 1.78. The van der Waals surface area contributed by atoms with Crippen LogP contribution in [0.4, 0.5) is 5.69 Å². The molecule has 8 heteroatoms. The van der Waals surface area contributed by atoms with Crippen LogP contribution in [0.5, 0.6) is 0 Å². The number of nitrogens with zero attached hydrogens (tertiary/aromatic N) is 1. The lowest BCUT2D eigenvalue weighted by Crippen LogP contribution is -2.32. The number of nitrogens with one attached hydrogen (secondary N) is 2. The van der Waals surface area contributed by atoms with Crippen molar-refractivity contribution in [3.63, 3.8) is 0 Å². The van der Waals surface area contributed by atoms with E-state index in [9.17, 15) is 19.7 Å². The molecule has 0 unspecified atom stereocenters. The van der Waals surface area contributed by atoms with Gasteiger partial charge in [-0.2, -0.15) is 0 Å². The molecular formula is C18H18ClN3O4. The van der Waals surface area contributed by atoms with Crippen molar-refractivity contribution in [3.05, 3.63) is 74.8 Å². The van der Waals surface area contributed by atoms with E-state index in [4.69, 9.17) is 11.6 Å². The van der Waals surface area contributed by atoms with Gasteiger partial charge in [-0.25, -0.2) is 0 Å². The summed E-state index contributed by atoms with van der Waals surface area (Å²) in [4.78, 5) is 34.0. The Bertz CT molecular complexity index is 808. The molecule has 2 N–H and O–H groups in total. The topological polar surface area (TPSA) is 101 Å². The number of nitro groups is 1. The summed E-state index contributed by atoms with van der Waals surface area (Å²) in [5, 5.41) is 16.6. The molecule has 0 aliphatic rings. The fraction of sp³-hybridized carbons (Fsp3) is 0.222. The van der Waals surface area contributed by atoms with Crippen molar-refractivity contribution in [2.24, 2.45) is 0 Å². The fourth-order valence-electron chi connectivity index (χ4n) is 2.30. The van der Waals surface area contributed by atoms with Crippen molar-refractivity contribution in [2.45, 2.75) is 19.4 Å². The van der Waals surface area contributed by atoms with E-state index in [1.54, 1.807) is 12.1 Å². The van der Waals surface area contributed by atoms with Gasteiger partial charge < -0.3 is 10.6 Å². The molecular weight excluding hydrogens is 358 g/mol. The number of hydrogen-bond donors (Lipinski definition) is 2. The molecule has 0 aliphatic carbocycles. The Labute approximate surface area is 155 Å². The molecule has 0 saturated carbocycles. The molecule has 7 nitrogen and oxygen atoms in total. The molecule has 0 spiro atoms. The molecule has 1 atom stereocenters. The van der Waals surface area contributed by atoms with E-state index in [-0.39, 0.29) is 30.6 Å². The van der Waals surface area contributed by atoms with E-state index >= 15 is 0 Å². The van der Waals surface area contributed by atoms with Crippen LogP contribution in [0.1, 0.15) is 35.3 Å². The largest absolute Gasteiger partial charge is 0.352 e. The van der Waals surface area contributed by atoms with E-state index < -0.39 is 10.8 Å². The van der Waals surface area contributed by atoms with Gasteiger partial charge in [0.2, 0.25) is 5.91 Å². The Morgan fingerprint density at radius 1 is 1.19 bits per heavy atom. The summed E-state index contributed by atoms with van der Waals surface area (Å²) in [6.07, 6.45) is 0.115. The van der Waals surface area contributed by atoms with E-state index in [0.717, 1.165) is 5.56 Å². The minimum atomic E-state index is -0.535. The first-order valence-electron chi connectivity index (χ1n) is 7.94. The first-order chi connectivity index (χ1) is 12.4. The summed E-state index contributed by atoms with van der Waals surface area (Å²) < 4.78 is 0.